The molecule has 0 saturated carbocycles. The summed E-state index contributed by atoms with van der Waals surface area (Å²) in [6, 6.07) is 11.2. The maximum atomic E-state index is 11.1. The third-order valence-electron chi connectivity index (χ3n) is 3.21. The van der Waals surface area contributed by atoms with Gasteiger partial charge in [0.25, 0.3) is 0 Å². The summed E-state index contributed by atoms with van der Waals surface area (Å²) in [4.78, 5) is 11.1. The van der Waals surface area contributed by atoms with Crippen molar-refractivity contribution in [2.75, 3.05) is 0 Å². The number of phenols is 1. The fourth-order valence-electron chi connectivity index (χ4n) is 2.39. The van der Waals surface area contributed by atoms with Gasteiger partial charge in [-0.1, -0.05) is 18.2 Å². The standard InChI is InChI=1S/C14H11NO2/c1-15-11-5-3-2-4-9(11)14-10(8-16)13(17)7-6-12(14)15/h2-8,17H,1H3. The molecule has 0 aliphatic rings. The van der Waals surface area contributed by atoms with Crippen molar-refractivity contribution in [2.45, 2.75) is 0 Å². The van der Waals surface area contributed by atoms with E-state index in [0.717, 1.165) is 21.8 Å². The van der Waals surface area contributed by atoms with E-state index in [1.807, 2.05) is 41.9 Å². The smallest absolute Gasteiger partial charge is 0.154 e. The number of phenolic OH excluding ortho intramolecular Hbond substituents is 1. The first kappa shape index (κ1) is 9.90. The zero-order valence-corrected chi connectivity index (χ0v) is 9.34. The van der Waals surface area contributed by atoms with E-state index in [1.54, 1.807) is 6.07 Å². The average Bonchev–Trinajstić information content (AvgIpc) is 2.64. The van der Waals surface area contributed by atoms with Crippen LogP contribution < -0.4 is 0 Å². The van der Waals surface area contributed by atoms with Crippen LogP contribution in [0.1, 0.15) is 10.4 Å². The maximum Gasteiger partial charge on any atom is 0.154 e. The zero-order valence-electron chi connectivity index (χ0n) is 9.34. The predicted molar refractivity (Wildman–Crippen MR) is 67.5 cm³/mol. The Morgan fingerprint density at radius 3 is 2.65 bits per heavy atom. The van der Waals surface area contributed by atoms with E-state index in [-0.39, 0.29) is 5.75 Å². The molecule has 0 unspecified atom stereocenters. The summed E-state index contributed by atoms with van der Waals surface area (Å²) in [5.41, 5.74) is 2.36. The lowest BCUT2D eigenvalue weighted by atomic mass is 10.1. The summed E-state index contributed by atoms with van der Waals surface area (Å²) in [5, 5.41) is 11.5. The molecule has 1 N–H and O–H groups in total. The number of carbonyl (C=O) groups excluding carboxylic acids is 1. The second-order valence-electron chi connectivity index (χ2n) is 4.09. The molecule has 3 rings (SSSR count). The number of aromatic hydroxyl groups is 1. The second-order valence-corrected chi connectivity index (χ2v) is 4.09. The van der Waals surface area contributed by atoms with Crippen LogP contribution in [0.4, 0.5) is 0 Å². The molecule has 3 nitrogen and oxygen atoms in total. The van der Waals surface area contributed by atoms with Crippen molar-refractivity contribution in [3.63, 3.8) is 0 Å². The maximum absolute atomic E-state index is 11.1. The molecule has 0 amide bonds. The highest BCUT2D eigenvalue weighted by atomic mass is 16.3. The molecule has 0 aliphatic carbocycles. The summed E-state index contributed by atoms with van der Waals surface area (Å²) in [5.74, 6) is 0.0313. The average molecular weight is 225 g/mol. The molecule has 3 heteroatoms. The summed E-state index contributed by atoms with van der Waals surface area (Å²) in [7, 11) is 1.95. The van der Waals surface area contributed by atoms with Crippen molar-refractivity contribution in [3.05, 3.63) is 42.0 Å². The number of aryl methyl sites for hydroxylation is 1. The summed E-state index contributed by atoms with van der Waals surface area (Å²) in [6.07, 6.45) is 0.712. The molecule has 3 aromatic rings. The zero-order chi connectivity index (χ0) is 12.0. The molecule has 0 bridgehead atoms. The van der Waals surface area contributed by atoms with Crippen LogP contribution in [0.2, 0.25) is 0 Å². The Morgan fingerprint density at radius 2 is 1.88 bits per heavy atom. The number of hydrogen-bond acceptors (Lipinski definition) is 2. The van der Waals surface area contributed by atoms with Gasteiger partial charge in [0.05, 0.1) is 5.56 Å². The van der Waals surface area contributed by atoms with Crippen LogP contribution in [0.3, 0.4) is 0 Å². The van der Waals surface area contributed by atoms with Crippen molar-refractivity contribution >= 4 is 28.1 Å². The second kappa shape index (κ2) is 3.35. The van der Waals surface area contributed by atoms with Crippen molar-refractivity contribution in [1.82, 2.24) is 4.57 Å². The van der Waals surface area contributed by atoms with Crippen molar-refractivity contribution in [3.8, 4) is 5.75 Å². The van der Waals surface area contributed by atoms with Crippen LogP contribution in [-0.4, -0.2) is 16.0 Å². The topological polar surface area (TPSA) is 42.2 Å². The Morgan fingerprint density at radius 1 is 1.12 bits per heavy atom. The molecular weight excluding hydrogens is 214 g/mol. The number of aldehydes is 1. The predicted octanol–water partition coefficient (Wildman–Crippen LogP) is 2.85. The molecule has 1 aromatic heterocycles. The molecule has 0 spiro atoms. The Kier molecular flexibility index (Phi) is 1.95. The molecule has 0 atom stereocenters. The quantitative estimate of drug-likeness (QED) is 0.647. The largest absolute Gasteiger partial charge is 0.507 e. The number of para-hydroxylation sites is 1. The first-order chi connectivity index (χ1) is 8.24. The first-order valence-corrected chi connectivity index (χ1v) is 5.38. The van der Waals surface area contributed by atoms with Crippen LogP contribution in [0.15, 0.2) is 36.4 Å². The number of aromatic nitrogens is 1. The van der Waals surface area contributed by atoms with E-state index in [0.29, 0.717) is 11.8 Å². The monoisotopic (exact) mass is 225 g/mol. The Hall–Kier alpha value is -2.29. The highest BCUT2D eigenvalue weighted by molar-refractivity contribution is 6.15. The molecule has 1 heterocycles. The van der Waals surface area contributed by atoms with Gasteiger partial charge in [-0.05, 0) is 18.2 Å². The minimum absolute atomic E-state index is 0.0313. The van der Waals surface area contributed by atoms with Gasteiger partial charge in [-0.3, -0.25) is 4.79 Å². The molecule has 0 radical (unpaired) electrons. The van der Waals surface area contributed by atoms with Gasteiger partial charge in [0.1, 0.15) is 5.75 Å². The number of benzene rings is 2. The van der Waals surface area contributed by atoms with Gasteiger partial charge >= 0.3 is 0 Å². The van der Waals surface area contributed by atoms with Gasteiger partial charge in [0, 0.05) is 28.9 Å². The summed E-state index contributed by atoms with van der Waals surface area (Å²) >= 11 is 0. The van der Waals surface area contributed by atoms with E-state index < -0.39 is 0 Å². The molecular formula is C14H11NO2. The third kappa shape index (κ3) is 1.19. The molecule has 84 valence electrons. The van der Waals surface area contributed by atoms with E-state index >= 15 is 0 Å². The normalized spacial score (nSPS) is 11.1. The summed E-state index contributed by atoms with van der Waals surface area (Å²) < 4.78 is 2.02. The van der Waals surface area contributed by atoms with Crippen LogP contribution in [0.25, 0.3) is 21.8 Å². The van der Waals surface area contributed by atoms with Crippen LogP contribution in [0.5, 0.6) is 5.75 Å². The Balaban J connectivity index is 2.68. The number of fused-ring (bicyclic) bond motifs is 3. The number of rotatable bonds is 1. The van der Waals surface area contributed by atoms with Gasteiger partial charge in [-0.15, -0.1) is 0 Å². The molecule has 2 aromatic carbocycles. The van der Waals surface area contributed by atoms with Crippen molar-refractivity contribution in [2.24, 2.45) is 7.05 Å². The minimum Gasteiger partial charge on any atom is -0.507 e. The highest BCUT2D eigenvalue weighted by Gasteiger charge is 2.13. The first-order valence-electron chi connectivity index (χ1n) is 5.38. The fourth-order valence-corrected chi connectivity index (χ4v) is 2.39. The minimum atomic E-state index is 0.0313. The molecule has 0 aliphatic heterocycles. The number of hydrogen-bond donors (Lipinski definition) is 1. The van der Waals surface area contributed by atoms with Crippen molar-refractivity contribution in [1.29, 1.82) is 0 Å². The van der Waals surface area contributed by atoms with Crippen LogP contribution in [-0.2, 0) is 7.05 Å². The van der Waals surface area contributed by atoms with Gasteiger partial charge in [-0.25, -0.2) is 0 Å². The Labute approximate surface area is 97.9 Å². The van der Waals surface area contributed by atoms with Crippen LogP contribution in [0, 0.1) is 0 Å². The van der Waals surface area contributed by atoms with Gasteiger partial charge in [0.2, 0.25) is 0 Å². The van der Waals surface area contributed by atoms with E-state index in [9.17, 15) is 9.90 Å². The number of nitrogens with zero attached hydrogens (tertiary/aromatic N) is 1. The highest BCUT2D eigenvalue weighted by Crippen LogP contribution is 2.33. The van der Waals surface area contributed by atoms with Crippen LogP contribution >= 0.6 is 0 Å². The lowest BCUT2D eigenvalue weighted by Gasteiger charge is -2.00. The van der Waals surface area contributed by atoms with E-state index in [2.05, 4.69) is 0 Å². The lowest BCUT2D eigenvalue weighted by Crippen LogP contribution is -1.87. The van der Waals surface area contributed by atoms with E-state index in [4.69, 9.17) is 0 Å². The fraction of sp³-hybridized carbons (Fsp3) is 0.0714. The van der Waals surface area contributed by atoms with Gasteiger partial charge in [0.15, 0.2) is 6.29 Å². The number of carbonyl (C=O) groups is 1. The van der Waals surface area contributed by atoms with Gasteiger partial charge in [-0.2, -0.15) is 0 Å². The SMILES string of the molecule is Cn1c2ccccc2c2c(C=O)c(O)ccc21. The Bertz CT molecular complexity index is 741. The van der Waals surface area contributed by atoms with Crippen molar-refractivity contribution < 1.29 is 9.90 Å². The lowest BCUT2D eigenvalue weighted by molar-refractivity contribution is 0.112. The van der Waals surface area contributed by atoms with Gasteiger partial charge < -0.3 is 9.67 Å². The molecule has 0 saturated heterocycles. The third-order valence-corrected chi connectivity index (χ3v) is 3.21. The molecule has 17 heavy (non-hydrogen) atoms. The summed E-state index contributed by atoms with van der Waals surface area (Å²) in [6.45, 7) is 0. The molecule has 0 fully saturated rings. The van der Waals surface area contributed by atoms with E-state index in [1.165, 1.54) is 0 Å².